The first kappa shape index (κ1) is 5.56. The van der Waals surface area contributed by atoms with Crippen molar-refractivity contribution < 1.29 is 4.39 Å². The predicted octanol–water partition coefficient (Wildman–Crippen LogP) is 0.684. The molecule has 1 aliphatic rings. The Balaban J connectivity index is 2.71. The molecule has 1 rings (SSSR count). The highest BCUT2D eigenvalue weighted by molar-refractivity contribution is 5.12. The number of allylic oxidation sites excluding steroid dienone is 1. The lowest BCUT2D eigenvalue weighted by Gasteiger charge is -1.98. The maximum atomic E-state index is 12.5. The van der Waals surface area contributed by atoms with Gasteiger partial charge in [0.25, 0.3) is 0 Å². The van der Waals surface area contributed by atoms with Gasteiger partial charge in [0, 0.05) is 0 Å². The van der Waals surface area contributed by atoms with Crippen LogP contribution in [-0.4, -0.2) is 6.04 Å². The first-order valence-electron chi connectivity index (χ1n) is 2.59. The second kappa shape index (κ2) is 1.74. The Hall–Kier alpha value is -0.570. The molecule has 0 aliphatic carbocycles. The van der Waals surface area contributed by atoms with Crippen molar-refractivity contribution in [2.45, 2.75) is 19.9 Å². The summed E-state index contributed by atoms with van der Waals surface area (Å²) in [6, 6.07) is -0.157. The summed E-state index contributed by atoms with van der Waals surface area (Å²) in [5.41, 5.74) is 5.99. The molecule has 0 bridgehead atoms. The molecule has 46 valence electrons. The van der Waals surface area contributed by atoms with Crippen LogP contribution < -0.4 is 10.9 Å². The van der Waals surface area contributed by atoms with Crippen molar-refractivity contribution in [1.29, 1.82) is 0 Å². The minimum absolute atomic E-state index is 0.0926. The van der Waals surface area contributed by atoms with Crippen molar-refractivity contribution in [1.82, 2.24) is 10.9 Å². The molecule has 0 aromatic rings. The molecule has 0 saturated carbocycles. The zero-order chi connectivity index (χ0) is 6.15. The summed E-state index contributed by atoms with van der Waals surface area (Å²) >= 11 is 0. The normalized spacial score (nSPS) is 28.6. The molecule has 0 fully saturated rings. The molecule has 1 aliphatic heterocycles. The fraction of sp³-hybridized carbons (Fsp3) is 0.600. The molecule has 0 aromatic carbocycles. The standard InChI is InChI=1S/C5H9FN2/c1-3-5(6)4(2)8-7-3/h3,7-8H,1-2H3. The van der Waals surface area contributed by atoms with Gasteiger partial charge in [0.2, 0.25) is 0 Å². The first-order chi connectivity index (χ1) is 3.72. The van der Waals surface area contributed by atoms with Gasteiger partial charge < -0.3 is 5.43 Å². The number of halogens is 1. The maximum absolute atomic E-state index is 12.5. The molecule has 8 heavy (non-hydrogen) atoms. The molecular formula is C5H9FN2. The van der Waals surface area contributed by atoms with Gasteiger partial charge in [0.05, 0.1) is 11.7 Å². The van der Waals surface area contributed by atoms with E-state index < -0.39 is 0 Å². The summed E-state index contributed by atoms with van der Waals surface area (Å²) in [4.78, 5) is 0. The number of hydrogen-bond acceptors (Lipinski definition) is 2. The van der Waals surface area contributed by atoms with E-state index in [1.54, 1.807) is 13.8 Å². The van der Waals surface area contributed by atoms with Crippen LogP contribution in [0.15, 0.2) is 11.5 Å². The van der Waals surface area contributed by atoms with Crippen LogP contribution in [0.1, 0.15) is 13.8 Å². The zero-order valence-corrected chi connectivity index (χ0v) is 4.96. The zero-order valence-electron chi connectivity index (χ0n) is 4.96. The number of hydrazine groups is 1. The average molecular weight is 116 g/mol. The lowest BCUT2D eigenvalue weighted by molar-refractivity contribution is 0.516. The topological polar surface area (TPSA) is 24.1 Å². The first-order valence-corrected chi connectivity index (χ1v) is 2.59. The van der Waals surface area contributed by atoms with Crippen molar-refractivity contribution in [3.63, 3.8) is 0 Å². The Bertz CT molecular complexity index is 130. The smallest absolute Gasteiger partial charge is 0.138 e. The van der Waals surface area contributed by atoms with E-state index in [-0.39, 0.29) is 11.9 Å². The highest BCUT2D eigenvalue weighted by Crippen LogP contribution is 2.11. The summed E-state index contributed by atoms with van der Waals surface area (Å²) in [5, 5.41) is 0. The fourth-order valence-corrected chi connectivity index (χ4v) is 0.664. The molecule has 2 nitrogen and oxygen atoms in total. The molecule has 0 aromatic heterocycles. The maximum Gasteiger partial charge on any atom is 0.138 e. The summed E-state index contributed by atoms with van der Waals surface area (Å²) in [5.74, 6) is -0.0926. The van der Waals surface area contributed by atoms with E-state index in [2.05, 4.69) is 10.9 Å². The Morgan fingerprint density at radius 3 is 2.38 bits per heavy atom. The van der Waals surface area contributed by atoms with E-state index in [0.29, 0.717) is 5.70 Å². The van der Waals surface area contributed by atoms with Crippen LogP contribution in [-0.2, 0) is 0 Å². The second-order valence-corrected chi connectivity index (χ2v) is 1.96. The molecule has 0 saturated heterocycles. The van der Waals surface area contributed by atoms with Crippen LogP contribution >= 0.6 is 0 Å². The number of rotatable bonds is 0. The summed E-state index contributed by atoms with van der Waals surface area (Å²) in [6.07, 6.45) is 0. The molecule has 0 spiro atoms. The Kier molecular flexibility index (Phi) is 1.21. The SMILES string of the molecule is CC1=C(F)C(C)NN1. The fourth-order valence-electron chi connectivity index (χ4n) is 0.664. The Morgan fingerprint density at radius 1 is 1.62 bits per heavy atom. The Morgan fingerprint density at radius 2 is 2.25 bits per heavy atom. The van der Waals surface area contributed by atoms with Gasteiger partial charge in [0.15, 0.2) is 0 Å². The van der Waals surface area contributed by atoms with Crippen LogP contribution in [0.3, 0.4) is 0 Å². The van der Waals surface area contributed by atoms with Crippen LogP contribution in [0.5, 0.6) is 0 Å². The van der Waals surface area contributed by atoms with Gasteiger partial charge in [-0.1, -0.05) is 0 Å². The van der Waals surface area contributed by atoms with Gasteiger partial charge in [-0.2, -0.15) is 0 Å². The number of hydrogen-bond donors (Lipinski definition) is 2. The molecule has 3 heteroatoms. The minimum Gasteiger partial charge on any atom is -0.323 e. The molecule has 0 radical (unpaired) electrons. The van der Waals surface area contributed by atoms with Gasteiger partial charge in [-0.3, -0.25) is 0 Å². The third kappa shape index (κ3) is 0.690. The minimum atomic E-state index is -0.157. The second-order valence-electron chi connectivity index (χ2n) is 1.96. The van der Waals surface area contributed by atoms with Gasteiger partial charge in [-0.15, -0.1) is 0 Å². The predicted molar refractivity (Wildman–Crippen MR) is 29.5 cm³/mol. The molecular weight excluding hydrogens is 107 g/mol. The third-order valence-corrected chi connectivity index (χ3v) is 1.21. The highest BCUT2D eigenvalue weighted by atomic mass is 19.1. The molecule has 2 N–H and O–H groups in total. The highest BCUT2D eigenvalue weighted by Gasteiger charge is 2.16. The molecule has 0 amide bonds. The molecule has 1 heterocycles. The van der Waals surface area contributed by atoms with E-state index in [1.165, 1.54) is 0 Å². The largest absolute Gasteiger partial charge is 0.323 e. The third-order valence-electron chi connectivity index (χ3n) is 1.21. The Labute approximate surface area is 47.7 Å². The summed E-state index contributed by atoms with van der Waals surface area (Å²) in [6.45, 7) is 3.46. The van der Waals surface area contributed by atoms with Gasteiger partial charge >= 0.3 is 0 Å². The van der Waals surface area contributed by atoms with E-state index in [4.69, 9.17) is 0 Å². The lowest BCUT2D eigenvalue weighted by Crippen LogP contribution is -2.29. The van der Waals surface area contributed by atoms with Crippen LogP contribution in [0.4, 0.5) is 4.39 Å². The summed E-state index contributed by atoms with van der Waals surface area (Å²) < 4.78 is 12.5. The van der Waals surface area contributed by atoms with Crippen LogP contribution in [0.2, 0.25) is 0 Å². The van der Waals surface area contributed by atoms with E-state index in [9.17, 15) is 4.39 Å². The van der Waals surface area contributed by atoms with E-state index in [1.807, 2.05) is 0 Å². The van der Waals surface area contributed by atoms with Crippen LogP contribution in [0.25, 0.3) is 0 Å². The van der Waals surface area contributed by atoms with Crippen molar-refractivity contribution in [2.75, 3.05) is 0 Å². The van der Waals surface area contributed by atoms with Crippen molar-refractivity contribution in [3.05, 3.63) is 11.5 Å². The van der Waals surface area contributed by atoms with Gasteiger partial charge in [-0.05, 0) is 13.8 Å². The monoisotopic (exact) mass is 116 g/mol. The number of nitrogens with one attached hydrogen (secondary N) is 2. The van der Waals surface area contributed by atoms with Crippen molar-refractivity contribution in [2.24, 2.45) is 0 Å². The quantitative estimate of drug-likeness (QED) is 0.486. The van der Waals surface area contributed by atoms with Crippen LogP contribution in [0, 0.1) is 0 Å². The van der Waals surface area contributed by atoms with Gasteiger partial charge in [0.1, 0.15) is 5.83 Å². The van der Waals surface area contributed by atoms with Gasteiger partial charge in [-0.25, -0.2) is 9.82 Å². The van der Waals surface area contributed by atoms with Crippen molar-refractivity contribution >= 4 is 0 Å². The molecule has 1 atom stereocenters. The van der Waals surface area contributed by atoms with E-state index >= 15 is 0 Å². The summed E-state index contributed by atoms with van der Waals surface area (Å²) in [7, 11) is 0. The lowest BCUT2D eigenvalue weighted by atomic mass is 10.3. The molecule has 1 unspecified atom stereocenters. The van der Waals surface area contributed by atoms with E-state index in [0.717, 1.165) is 0 Å². The average Bonchev–Trinajstić information content (AvgIpc) is 1.98. The van der Waals surface area contributed by atoms with Crippen molar-refractivity contribution in [3.8, 4) is 0 Å².